The number of carbonyl (C=O) groups is 1. The SMILES string of the molecule is CC(C)CCNC(=O)c1cc2c(C3CCCNC3)cc(-c3c(O)cccc3OCC3CC3)nc2[nH]c1=O.Cl.Cl. The minimum absolute atomic E-state index is 0. The summed E-state index contributed by atoms with van der Waals surface area (Å²) in [5.74, 6) is 1.48. The average molecular weight is 578 g/mol. The van der Waals surface area contributed by atoms with Gasteiger partial charge in [-0.2, -0.15) is 0 Å². The highest BCUT2D eigenvalue weighted by atomic mass is 35.5. The lowest BCUT2D eigenvalue weighted by molar-refractivity contribution is 0.0950. The molecule has 4 N–H and O–H groups in total. The Morgan fingerprint density at radius 3 is 2.69 bits per heavy atom. The third-order valence-corrected chi connectivity index (χ3v) is 7.28. The van der Waals surface area contributed by atoms with Gasteiger partial charge < -0.3 is 25.5 Å². The van der Waals surface area contributed by atoms with E-state index in [4.69, 9.17) is 9.72 Å². The van der Waals surface area contributed by atoms with Crippen molar-refractivity contribution in [1.29, 1.82) is 0 Å². The van der Waals surface area contributed by atoms with Gasteiger partial charge >= 0.3 is 0 Å². The number of aromatic amines is 1. The quantitative estimate of drug-likeness (QED) is 0.279. The maximum Gasteiger partial charge on any atom is 0.262 e. The molecule has 1 aromatic carbocycles. The number of pyridine rings is 2. The van der Waals surface area contributed by atoms with Gasteiger partial charge in [0.05, 0.1) is 17.9 Å². The van der Waals surface area contributed by atoms with Crippen molar-refractivity contribution < 1.29 is 14.6 Å². The summed E-state index contributed by atoms with van der Waals surface area (Å²) >= 11 is 0. The molecule has 2 fully saturated rings. The summed E-state index contributed by atoms with van der Waals surface area (Å²) in [6.07, 6.45) is 5.17. The molecule has 1 atom stereocenters. The van der Waals surface area contributed by atoms with E-state index in [2.05, 4.69) is 29.5 Å². The molecule has 1 aliphatic carbocycles. The molecule has 3 aromatic rings. The molecule has 1 saturated carbocycles. The lowest BCUT2D eigenvalue weighted by atomic mass is 9.88. The number of aromatic hydroxyl groups is 1. The molecule has 8 nitrogen and oxygen atoms in total. The fraction of sp³-hybridized carbons (Fsp3) is 0.483. The molecule has 1 saturated heterocycles. The molecule has 39 heavy (non-hydrogen) atoms. The standard InChI is InChI=1S/C29H36N4O4.2ClH/c1-17(2)10-12-31-28(35)22-13-21-20(19-5-4-11-30-15-19)14-23(32-27(21)33-29(22)36)26-24(34)6-3-7-25(26)37-16-18-8-9-18;;/h3,6-7,13-14,17-19,30,34H,4-5,8-12,15-16H2,1-2H3,(H,31,35)(H,32,33,36);2*1H. The zero-order valence-electron chi connectivity index (χ0n) is 22.4. The van der Waals surface area contributed by atoms with Crippen LogP contribution < -0.4 is 20.9 Å². The Kier molecular flexibility index (Phi) is 10.6. The molecule has 0 radical (unpaired) electrons. The van der Waals surface area contributed by atoms with Crippen molar-refractivity contribution >= 4 is 41.8 Å². The van der Waals surface area contributed by atoms with Gasteiger partial charge in [-0.25, -0.2) is 4.98 Å². The highest BCUT2D eigenvalue weighted by Crippen LogP contribution is 2.41. The molecule has 1 amide bonds. The van der Waals surface area contributed by atoms with Crippen molar-refractivity contribution in [2.24, 2.45) is 11.8 Å². The van der Waals surface area contributed by atoms with Crippen molar-refractivity contribution in [3.8, 4) is 22.8 Å². The molecule has 1 aliphatic heterocycles. The first-order valence-electron chi connectivity index (χ1n) is 13.4. The van der Waals surface area contributed by atoms with Crippen LogP contribution in [-0.4, -0.2) is 47.2 Å². The first-order valence-corrected chi connectivity index (χ1v) is 13.4. The number of piperidine rings is 1. The molecule has 5 rings (SSSR count). The number of halogens is 2. The topological polar surface area (TPSA) is 116 Å². The summed E-state index contributed by atoms with van der Waals surface area (Å²) in [5.41, 5.74) is 2.07. The van der Waals surface area contributed by atoms with Crippen molar-refractivity contribution in [3.05, 3.63) is 51.8 Å². The number of hydrogen-bond donors (Lipinski definition) is 4. The van der Waals surface area contributed by atoms with E-state index in [1.165, 1.54) is 0 Å². The smallest absolute Gasteiger partial charge is 0.262 e. The number of phenols is 1. The number of nitrogens with one attached hydrogen (secondary N) is 3. The highest BCUT2D eigenvalue weighted by Gasteiger charge is 2.25. The second-order valence-corrected chi connectivity index (χ2v) is 10.8. The summed E-state index contributed by atoms with van der Waals surface area (Å²) in [5, 5.41) is 17.9. The molecular weight excluding hydrogens is 539 g/mol. The van der Waals surface area contributed by atoms with Crippen LogP contribution in [0.3, 0.4) is 0 Å². The summed E-state index contributed by atoms with van der Waals surface area (Å²) in [4.78, 5) is 33.5. The number of rotatable bonds is 9. The van der Waals surface area contributed by atoms with Crippen LogP contribution in [0, 0.1) is 11.8 Å². The van der Waals surface area contributed by atoms with Gasteiger partial charge in [0.1, 0.15) is 22.7 Å². The summed E-state index contributed by atoms with van der Waals surface area (Å²) in [7, 11) is 0. The first-order chi connectivity index (χ1) is 17.9. The molecule has 2 aromatic heterocycles. The Morgan fingerprint density at radius 2 is 2.00 bits per heavy atom. The number of aromatic nitrogens is 2. The van der Waals surface area contributed by atoms with Crippen LogP contribution in [0.1, 0.15) is 67.8 Å². The molecule has 0 spiro atoms. The second-order valence-electron chi connectivity index (χ2n) is 10.8. The molecule has 1 unspecified atom stereocenters. The van der Waals surface area contributed by atoms with Crippen molar-refractivity contribution in [2.45, 2.75) is 51.9 Å². The average Bonchev–Trinajstić information content (AvgIpc) is 3.71. The molecule has 2 aliphatic rings. The monoisotopic (exact) mass is 576 g/mol. The number of H-pyrrole nitrogens is 1. The first kappa shape index (κ1) is 30.7. The Hall–Kier alpha value is -2.81. The van der Waals surface area contributed by atoms with E-state index in [0.29, 0.717) is 47.6 Å². The fourth-order valence-corrected chi connectivity index (χ4v) is 4.92. The zero-order chi connectivity index (χ0) is 25.9. The Labute approximate surface area is 241 Å². The summed E-state index contributed by atoms with van der Waals surface area (Å²) < 4.78 is 6.09. The van der Waals surface area contributed by atoms with E-state index < -0.39 is 5.56 Å². The maximum atomic E-state index is 13.0. The van der Waals surface area contributed by atoms with Crippen LogP contribution >= 0.6 is 24.8 Å². The van der Waals surface area contributed by atoms with Gasteiger partial charge in [-0.3, -0.25) is 9.59 Å². The summed E-state index contributed by atoms with van der Waals surface area (Å²) in [6, 6.07) is 8.89. The van der Waals surface area contributed by atoms with E-state index in [-0.39, 0.29) is 48.0 Å². The van der Waals surface area contributed by atoms with Crippen molar-refractivity contribution in [3.63, 3.8) is 0 Å². The van der Waals surface area contributed by atoms with E-state index in [1.54, 1.807) is 18.2 Å². The zero-order valence-corrected chi connectivity index (χ0v) is 24.1. The molecular formula is C29H38Cl2N4O4. The van der Waals surface area contributed by atoms with E-state index in [0.717, 1.165) is 56.1 Å². The number of benzene rings is 1. The number of carbonyl (C=O) groups excluding carboxylic acids is 1. The van der Waals surface area contributed by atoms with E-state index in [1.807, 2.05) is 12.1 Å². The van der Waals surface area contributed by atoms with Crippen LogP contribution in [0.2, 0.25) is 0 Å². The van der Waals surface area contributed by atoms with Crippen molar-refractivity contribution in [1.82, 2.24) is 20.6 Å². The minimum atomic E-state index is -0.477. The van der Waals surface area contributed by atoms with Gasteiger partial charge in [-0.05, 0) is 86.2 Å². The lowest BCUT2D eigenvalue weighted by Gasteiger charge is -2.25. The molecule has 10 heteroatoms. The number of fused-ring (bicyclic) bond motifs is 1. The van der Waals surface area contributed by atoms with Gasteiger partial charge in [-0.15, -0.1) is 24.8 Å². The third kappa shape index (κ3) is 7.24. The van der Waals surface area contributed by atoms with Crippen LogP contribution in [-0.2, 0) is 0 Å². The van der Waals surface area contributed by atoms with Gasteiger partial charge in [0.2, 0.25) is 0 Å². The normalized spacial score (nSPS) is 16.8. The van der Waals surface area contributed by atoms with Crippen LogP contribution in [0.25, 0.3) is 22.3 Å². The second kappa shape index (κ2) is 13.5. The van der Waals surface area contributed by atoms with Gasteiger partial charge in [0.25, 0.3) is 11.5 Å². The Morgan fingerprint density at radius 1 is 1.21 bits per heavy atom. The van der Waals surface area contributed by atoms with Crippen molar-refractivity contribution in [2.75, 3.05) is 26.2 Å². The van der Waals surface area contributed by atoms with E-state index in [9.17, 15) is 14.7 Å². The Bertz CT molecular complexity index is 1350. The van der Waals surface area contributed by atoms with Crippen LogP contribution in [0.4, 0.5) is 0 Å². The predicted molar refractivity (Wildman–Crippen MR) is 159 cm³/mol. The predicted octanol–water partition coefficient (Wildman–Crippen LogP) is 5.17. The number of nitrogens with zero attached hydrogens (tertiary/aromatic N) is 1. The summed E-state index contributed by atoms with van der Waals surface area (Å²) in [6.45, 7) is 7.06. The maximum absolute atomic E-state index is 13.0. The van der Waals surface area contributed by atoms with Gasteiger partial charge in [-0.1, -0.05) is 19.9 Å². The van der Waals surface area contributed by atoms with E-state index >= 15 is 0 Å². The lowest BCUT2D eigenvalue weighted by Crippen LogP contribution is -2.31. The minimum Gasteiger partial charge on any atom is -0.507 e. The fourth-order valence-electron chi connectivity index (χ4n) is 4.92. The molecule has 0 bridgehead atoms. The largest absolute Gasteiger partial charge is 0.507 e. The number of amides is 1. The number of phenolic OH excluding ortho intramolecular Hbond substituents is 1. The highest BCUT2D eigenvalue weighted by molar-refractivity contribution is 5.98. The molecule has 212 valence electrons. The number of ether oxygens (including phenoxy) is 1. The third-order valence-electron chi connectivity index (χ3n) is 7.28. The van der Waals surface area contributed by atoms with Crippen LogP contribution in [0.5, 0.6) is 11.5 Å². The van der Waals surface area contributed by atoms with Gasteiger partial charge in [0.15, 0.2) is 0 Å². The molecule has 3 heterocycles. The van der Waals surface area contributed by atoms with Crippen LogP contribution in [0.15, 0.2) is 35.1 Å². The number of hydrogen-bond acceptors (Lipinski definition) is 6. The Balaban J connectivity index is 0.00000210. The van der Waals surface area contributed by atoms with Gasteiger partial charge in [0, 0.05) is 18.5 Å².